The molecule has 10 nitrogen and oxygen atoms in total. The maximum Gasteiger partial charge on any atom is 0.341 e. The van der Waals surface area contributed by atoms with Gasteiger partial charge in [0, 0.05) is 23.5 Å². The summed E-state index contributed by atoms with van der Waals surface area (Å²) in [5.41, 5.74) is -2.46. The fourth-order valence-electron chi connectivity index (χ4n) is 5.76. The summed E-state index contributed by atoms with van der Waals surface area (Å²) in [7, 11) is 4.08. The molecule has 0 saturated carbocycles. The van der Waals surface area contributed by atoms with Crippen molar-refractivity contribution in [3.05, 3.63) is 71.1 Å². The Bertz CT molecular complexity index is 1470. The average Bonchev–Trinajstić information content (AvgIpc) is 3.29. The molecule has 3 aliphatic rings. The van der Waals surface area contributed by atoms with Gasteiger partial charge in [0.15, 0.2) is 17.1 Å². The Kier molecular flexibility index (Phi) is 6.01. The first-order valence-electron chi connectivity index (χ1n) is 12.3. The highest BCUT2D eigenvalue weighted by Gasteiger charge is 2.70. The Morgan fingerprint density at radius 2 is 1.38 bits per heavy atom. The molecule has 0 saturated heterocycles. The van der Waals surface area contributed by atoms with Gasteiger partial charge in [0.05, 0.1) is 26.9 Å². The van der Waals surface area contributed by atoms with Crippen LogP contribution in [0.2, 0.25) is 0 Å². The Balaban J connectivity index is 1.85. The molecular formula is C29H28N2O8. The Hall–Kier alpha value is -4.60. The smallest absolute Gasteiger partial charge is 0.341 e. The van der Waals surface area contributed by atoms with E-state index >= 15 is 0 Å². The van der Waals surface area contributed by atoms with Crippen molar-refractivity contribution in [2.75, 3.05) is 31.1 Å². The van der Waals surface area contributed by atoms with Crippen molar-refractivity contribution in [3.8, 4) is 11.5 Å². The molecule has 2 aliphatic heterocycles. The quantitative estimate of drug-likeness (QED) is 0.581. The molecule has 1 N–H and O–H groups in total. The SMILES string of the molecule is COC(=O)C1=C(O)C(=O)N(c2ccc(OC)cc2)C12C(=O)N(c1ccc(OC)cc1)C1=C2C(=O)CC(C)(C)C1. The summed E-state index contributed by atoms with van der Waals surface area (Å²) in [5.74, 6) is -3.17. The highest BCUT2D eigenvalue weighted by molar-refractivity contribution is 6.33. The molecule has 1 aliphatic carbocycles. The number of aliphatic hydroxyl groups excluding tert-OH is 1. The summed E-state index contributed by atoms with van der Waals surface area (Å²) in [6, 6.07) is 12.8. The Morgan fingerprint density at radius 3 is 1.90 bits per heavy atom. The Labute approximate surface area is 225 Å². The van der Waals surface area contributed by atoms with Crippen LogP contribution in [0.4, 0.5) is 11.4 Å². The number of hydrogen-bond donors (Lipinski definition) is 1. The molecule has 0 bridgehead atoms. The van der Waals surface area contributed by atoms with Crippen LogP contribution in [0, 0.1) is 5.41 Å². The van der Waals surface area contributed by atoms with Gasteiger partial charge in [0.2, 0.25) is 0 Å². The zero-order valence-corrected chi connectivity index (χ0v) is 22.2. The van der Waals surface area contributed by atoms with Gasteiger partial charge in [-0.25, -0.2) is 4.79 Å². The number of Topliss-reactive ketones (excluding diaryl/α,β-unsaturated/α-hetero) is 1. The van der Waals surface area contributed by atoms with Crippen molar-refractivity contribution in [3.63, 3.8) is 0 Å². The van der Waals surface area contributed by atoms with Crippen LogP contribution in [0.1, 0.15) is 26.7 Å². The molecule has 1 spiro atoms. The summed E-state index contributed by atoms with van der Waals surface area (Å²) in [6.07, 6.45) is 0.366. The molecule has 1 atom stereocenters. The van der Waals surface area contributed by atoms with Gasteiger partial charge in [-0.05, 0) is 60.4 Å². The lowest BCUT2D eigenvalue weighted by atomic mass is 9.70. The van der Waals surface area contributed by atoms with Gasteiger partial charge < -0.3 is 19.3 Å². The van der Waals surface area contributed by atoms with E-state index in [2.05, 4.69) is 0 Å². The zero-order chi connectivity index (χ0) is 28.3. The molecule has 5 rings (SSSR count). The van der Waals surface area contributed by atoms with Gasteiger partial charge in [-0.1, -0.05) is 13.8 Å². The van der Waals surface area contributed by atoms with Crippen LogP contribution in [-0.4, -0.2) is 55.5 Å². The van der Waals surface area contributed by atoms with Crippen molar-refractivity contribution in [1.29, 1.82) is 0 Å². The molecule has 0 fully saturated rings. The van der Waals surface area contributed by atoms with Gasteiger partial charge in [0.25, 0.3) is 11.8 Å². The lowest BCUT2D eigenvalue weighted by Gasteiger charge is -2.38. The van der Waals surface area contributed by atoms with E-state index in [1.165, 1.54) is 31.3 Å². The van der Waals surface area contributed by atoms with Crippen molar-refractivity contribution >= 4 is 34.9 Å². The van der Waals surface area contributed by atoms with Gasteiger partial charge >= 0.3 is 5.97 Å². The number of hydrogen-bond acceptors (Lipinski definition) is 8. The Morgan fingerprint density at radius 1 is 0.846 bits per heavy atom. The van der Waals surface area contributed by atoms with Crippen molar-refractivity contribution in [1.82, 2.24) is 0 Å². The number of carbonyl (C=O) groups excluding carboxylic acids is 4. The fraction of sp³-hybridized carbons (Fsp3) is 0.310. The fourth-order valence-corrected chi connectivity index (χ4v) is 5.76. The maximum absolute atomic E-state index is 14.8. The third-order valence-corrected chi connectivity index (χ3v) is 7.39. The minimum atomic E-state index is -2.27. The number of ether oxygens (including phenoxy) is 3. The molecular weight excluding hydrogens is 504 g/mol. The number of carbonyl (C=O) groups is 4. The maximum atomic E-state index is 14.8. The number of methoxy groups -OCH3 is 3. The van der Waals surface area contributed by atoms with E-state index in [1.54, 1.807) is 36.4 Å². The first kappa shape index (κ1) is 26.0. The third kappa shape index (κ3) is 3.62. The third-order valence-electron chi connectivity index (χ3n) is 7.39. The number of allylic oxidation sites excluding steroid dienone is 1. The van der Waals surface area contributed by atoms with Gasteiger partial charge in [-0.3, -0.25) is 24.2 Å². The van der Waals surface area contributed by atoms with Crippen LogP contribution in [0.15, 0.2) is 71.1 Å². The summed E-state index contributed by atoms with van der Waals surface area (Å²) < 4.78 is 15.4. The van der Waals surface area contributed by atoms with E-state index in [4.69, 9.17) is 14.2 Å². The molecule has 1 unspecified atom stereocenters. The van der Waals surface area contributed by atoms with Crippen LogP contribution in [0.3, 0.4) is 0 Å². The van der Waals surface area contributed by atoms with Crippen molar-refractivity contribution in [2.24, 2.45) is 5.41 Å². The average molecular weight is 533 g/mol. The molecule has 2 aromatic carbocycles. The van der Waals surface area contributed by atoms with Crippen molar-refractivity contribution in [2.45, 2.75) is 32.2 Å². The van der Waals surface area contributed by atoms with Crippen LogP contribution < -0.4 is 19.3 Å². The van der Waals surface area contributed by atoms with Crippen molar-refractivity contribution < 1.29 is 38.5 Å². The second-order valence-electron chi connectivity index (χ2n) is 10.4. The topological polar surface area (TPSA) is 123 Å². The highest BCUT2D eigenvalue weighted by atomic mass is 16.5. The molecule has 2 amide bonds. The van der Waals surface area contributed by atoms with E-state index in [1.807, 2.05) is 13.8 Å². The normalized spacial score (nSPS) is 22.1. The molecule has 0 radical (unpaired) electrons. The van der Waals surface area contributed by atoms with Crippen LogP contribution in [0.25, 0.3) is 0 Å². The molecule has 2 heterocycles. The number of amides is 2. The first-order chi connectivity index (χ1) is 18.5. The number of fused-ring (bicyclic) bond motifs is 1. The van der Waals surface area contributed by atoms with Crippen LogP contribution in [-0.2, 0) is 23.9 Å². The number of aliphatic hydroxyl groups is 1. The number of benzene rings is 2. The number of rotatable bonds is 5. The largest absolute Gasteiger partial charge is 0.503 e. The summed E-state index contributed by atoms with van der Waals surface area (Å²) in [4.78, 5) is 58.0. The highest BCUT2D eigenvalue weighted by Crippen LogP contribution is 2.56. The number of anilines is 2. The van der Waals surface area contributed by atoms with Gasteiger partial charge in [0.1, 0.15) is 17.1 Å². The number of ketones is 1. The summed E-state index contributed by atoms with van der Waals surface area (Å²) in [6.45, 7) is 3.82. The van der Waals surface area contributed by atoms with Gasteiger partial charge in [-0.2, -0.15) is 0 Å². The predicted molar refractivity (Wildman–Crippen MR) is 140 cm³/mol. The predicted octanol–water partition coefficient (Wildman–Crippen LogP) is 3.46. The minimum Gasteiger partial charge on any atom is -0.503 e. The monoisotopic (exact) mass is 532 g/mol. The minimum absolute atomic E-state index is 0.0312. The number of nitrogens with zero attached hydrogens (tertiary/aromatic N) is 2. The molecule has 39 heavy (non-hydrogen) atoms. The summed E-state index contributed by atoms with van der Waals surface area (Å²) >= 11 is 0. The molecule has 10 heteroatoms. The molecule has 202 valence electrons. The van der Waals surface area contributed by atoms with Crippen LogP contribution in [0.5, 0.6) is 11.5 Å². The second-order valence-corrected chi connectivity index (χ2v) is 10.4. The molecule has 2 aromatic rings. The van der Waals surface area contributed by atoms with Gasteiger partial charge in [-0.15, -0.1) is 0 Å². The van der Waals surface area contributed by atoms with E-state index in [-0.39, 0.29) is 17.7 Å². The van der Waals surface area contributed by atoms with E-state index in [0.717, 1.165) is 12.0 Å². The zero-order valence-electron chi connectivity index (χ0n) is 22.2. The van der Waals surface area contributed by atoms with E-state index in [0.29, 0.717) is 29.3 Å². The summed E-state index contributed by atoms with van der Waals surface area (Å²) in [5, 5.41) is 11.1. The molecule has 0 aromatic heterocycles. The first-order valence-corrected chi connectivity index (χ1v) is 12.3. The van der Waals surface area contributed by atoms with E-state index in [9.17, 15) is 24.3 Å². The lowest BCUT2D eigenvalue weighted by Crippen LogP contribution is -2.59. The number of esters is 1. The van der Waals surface area contributed by atoms with Crippen LogP contribution >= 0.6 is 0 Å². The van der Waals surface area contributed by atoms with E-state index < -0.39 is 45.9 Å². The lowest BCUT2D eigenvalue weighted by molar-refractivity contribution is -0.138. The second kappa shape index (κ2) is 9.00. The standard InChI is InChI=1S/C29H28N2O8/c1-28(2)14-20-22(21(32)15-28)29(27(36)30(20)16-6-10-18(37-3)11-7-16)23(26(35)39-5)24(33)25(34)31(29)17-8-12-19(38-4)13-9-17/h6-13,33H,14-15H2,1-5H3.